The van der Waals surface area contributed by atoms with E-state index in [1.807, 2.05) is 0 Å². The van der Waals surface area contributed by atoms with Crippen LogP contribution in [0.15, 0.2) is 54.6 Å². The van der Waals surface area contributed by atoms with Crippen LogP contribution in [0.2, 0.25) is 0 Å². The molecule has 1 aliphatic carbocycles. The van der Waals surface area contributed by atoms with E-state index in [1.165, 1.54) is 24.2 Å². The van der Waals surface area contributed by atoms with Crippen molar-refractivity contribution in [3.05, 3.63) is 71.3 Å². The van der Waals surface area contributed by atoms with Gasteiger partial charge in [-0.1, -0.05) is 75.4 Å². The first-order chi connectivity index (χ1) is 11.0. The Balaban J connectivity index is 1.41. The van der Waals surface area contributed by atoms with Gasteiger partial charge in [-0.2, -0.15) is 0 Å². The Hall–Kier alpha value is -1.60. The van der Waals surface area contributed by atoms with E-state index in [1.54, 1.807) is 5.56 Å². The molecule has 0 N–H and O–H groups in total. The van der Waals surface area contributed by atoms with E-state index < -0.39 is 0 Å². The van der Waals surface area contributed by atoms with Crippen LogP contribution in [-0.2, 0) is 12.0 Å². The van der Waals surface area contributed by atoms with E-state index in [9.17, 15) is 0 Å². The van der Waals surface area contributed by atoms with E-state index in [-0.39, 0.29) is 5.41 Å². The zero-order valence-electron chi connectivity index (χ0n) is 14.5. The van der Waals surface area contributed by atoms with E-state index in [4.69, 9.17) is 0 Å². The fourth-order valence-corrected chi connectivity index (χ4v) is 4.29. The van der Waals surface area contributed by atoms with Gasteiger partial charge in [-0.3, -0.25) is 4.90 Å². The van der Waals surface area contributed by atoms with Crippen molar-refractivity contribution >= 4 is 0 Å². The van der Waals surface area contributed by atoms with Crippen LogP contribution in [-0.4, -0.2) is 18.0 Å². The number of likely N-dealkylation sites (tertiary alicyclic amines) is 1. The molecule has 2 aromatic rings. The number of benzene rings is 2. The molecule has 0 radical (unpaired) electrons. The first-order valence-electron chi connectivity index (χ1n) is 8.89. The normalized spacial score (nSPS) is 27.0. The summed E-state index contributed by atoms with van der Waals surface area (Å²) in [5, 5.41) is 0. The summed E-state index contributed by atoms with van der Waals surface area (Å²) < 4.78 is 0. The monoisotopic (exact) mass is 305 g/mol. The molecule has 0 amide bonds. The van der Waals surface area contributed by atoms with Crippen LogP contribution < -0.4 is 0 Å². The summed E-state index contributed by atoms with van der Waals surface area (Å²) >= 11 is 0. The van der Waals surface area contributed by atoms with Crippen LogP contribution >= 0.6 is 0 Å². The Labute approximate surface area is 140 Å². The number of piperidine rings is 1. The van der Waals surface area contributed by atoms with Crippen LogP contribution in [0.5, 0.6) is 0 Å². The number of hydrogen-bond acceptors (Lipinski definition) is 1. The summed E-state index contributed by atoms with van der Waals surface area (Å²) in [4.78, 5) is 2.63. The quantitative estimate of drug-likeness (QED) is 0.785. The lowest BCUT2D eigenvalue weighted by Crippen LogP contribution is -2.23. The fraction of sp³-hybridized carbons (Fsp3) is 0.455. The molecule has 1 heteroatoms. The first-order valence-corrected chi connectivity index (χ1v) is 8.89. The molecule has 0 spiro atoms. The SMILES string of the molecule is CC(C)(C)c1cccc(C2C3CN(Cc4ccccc4)CC32)c1. The summed E-state index contributed by atoms with van der Waals surface area (Å²) in [7, 11) is 0. The highest BCUT2D eigenvalue weighted by Gasteiger charge is 2.55. The number of hydrogen-bond donors (Lipinski definition) is 0. The summed E-state index contributed by atoms with van der Waals surface area (Å²) in [6.45, 7) is 10.6. The van der Waals surface area contributed by atoms with Crippen molar-refractivity contribution in [1.82, 2.24) is 4.90 Å². The van der Waals surface area contributed by atoms with Gasteiger partial charge < -0.3 is 0 Å². The zero-order valence-corrected chi connectivity index (χ0v) is 14.5. The number of rotatable bonds is 3. The van der Waals surface area contributed by atoms with Crippen molar-refractivity contribution in [2.24, 2.45) is 11.8 Å². The second-order valence-electron chi connectivity index (χ2n) is 8.41. The Bertz CT molecular complexity index is 671. The molecule has 4 rings (SSSR count). The number of nitrogens with zero attached hydrogens (tertiary/aromatic N) is 1. The molecule has 1 saturated carbocycles. The van der Waals surface area contributed by atoms with E-state index >= 15 is 0 Å². The molecule has 2 aromatic carbocycles. The smallest absolute Gasteiger partial charge is 0.0233 e. The van der Waals surface area contributed by atoms with Crippen molar-refractivity contribution in [2.75, 3.05) is 13.1 Å². The maximum absolute atomic E-state index is 2.63. The van der Waals surface area contributed by atoms with E-state index in [0.29, 0.717) is 0 Å². The fourth-order valence-electron chi connectivity index (χ4n) is 4.29. The molecule has 2 aliphatic rings. The minimum atomic E-state index is 0.249. The third-order valence-corrected chi connectivity index (χ3v) is 5.66. The van der Waals surface area contributed by atoms with E-state index in [0.717, 1.165) is 24.3 Å². The maximum Gasteiger partial charge on any atom is 0.0233 e. The Morgan fingerprint density at radius 1 is 0.913 bits per heavy atom. The molecule has 1 nitrogen and oxygen atoms in total. The molecule has 2 unspecified atom stereocenters. The summed E-state index contributed by atoms with van der Waals surface area (Å²) in [6.07, 6.45) is 0. The van der Waals surface area contributed by atoms with Gasteiger partial charge in [0.15, 0.2) is 0 Å². The topological polar surface area (TPSA) is 3.24 Å². The average Bonchev–Trinajstić information content (AvgIpc) is 3.04. The summed E-state index contributed by atoms with van der Waals surface area (Å²) in [6, 6.07) is 20.2. The van der Waals surface area contributed by atoms with Gasteiger partial charge in [0.05, 0.1) is 0 Å². The lowest BCUT2D eigenvalue weighted by atomic mass is 9.85. The Morgan fingerprint density at radius 2 is 1.61 bits per heavy atom. The minimum Gasteiger partial charge on any atom is -0.298 e. The Kier molecular flexibility index (Phi) is 3.57. The van der Waals surface area contributed by atoms with Crippen LogP contribution in [0.4, 0.5) is 0 Å². The van der Waals surface area contributed by atoms with Crippen LogP contribution in [0.1, 0.15) is 43.4 Å². The van der Waals surface area contributed by atoms with Gasteiger partial charge in [-0.25, -0.2) is 0 Å². The molecule has 23 heavy (non-hydrogen) atoms. The zero-order chi connectivity index (χ0) is 16.0. The van der Waals surface area contributed by atoms with Gasteiger partial charge in [-0.15, -0.1) is 0 Å². The largest absolute Gasteiger partial charge is 0.298 e. The molecule has 1 saturated heterocycles. The number of fused-ring (bicyclic) bond motifs is 1. The van der Waals surface area contributed by atoms with Crippen molar-refractivity contribution < 1.29 is 0 Å². The lowest BCUT2D eigenvalue weighted by molar-refractivity contribution is 0.290. The standard InChI is InChI=1S/C22H27N/c1-22(2,3)18-11-7-10-17(12-18)21-19-14-23(15-20(19)21)13-16-8-5-4-6-9-16/h4-12,19-21H,13-15H2,1-3H3. The van der Waals surface area contributed by atoms with Crippen molar-refractivity contribution in [2.45, 2.75) is 38.6 Å². The molecule has 0 bridgehead atoms. The second kappa shape index (κ2) is 5.49. The predicted octanol–water partition coefficient (Wildman–Crippen LogP) is 4.83. The molecular formula is C22H27N. The van der Waals surface area contributed by atoms with Gasteiger partial charge in [0.25, 0.3) is 0 Å². The van der Waals surface area contributed by atoms with Gasteiger partial charge in [0.1, 0.15) is 0 Å². The highest BCUT2D eigenvalue weighted by Crippen LogP contribution is 2.58. The predicted molar refractivity (Wildman–Crippen MR) is 96.6 cm³/mol. The first kappa shape index (κ1) is 15.0. The molecule has 120 valence electrons. The Morgan fingerprint density at radius 3 is 2.26 bits per heavy atom. The third kappa shape index (κ3) is 2.95. The van der Waals surface area contributed by atoms with E-state index in [2.05, 4.69) is 80.3 Å². The summed E-state index contributed by atoms with van der Waals surface area (Å²) in [5.74, 6) is 2.58. The van der Waals surface area contributed by atoms with Gasteiger partial charge in [0.2, 0.25) is 0 Å². The third-order valence-electron chi connectivity index (χ3n) is 5.66. The average molecular weight is 305 g/mol. The van der Waals surface area contributed by atoms with Crippen LogP contribution in [0.25, 0.3) is 0 Å². The second-order valence-corrected chi connectivity index (χ2v) is 8.41. The van der Waals surface area contributed by atoms with Crippen LogP contribution in [0.3, 0.4) is 0 Å². The van der Waals surface area contributed by atoms with Gasteiger partial charge in [0, 0.05) is 19.6 Å². The molecule has 2 atom stereocenters. The molecule has 1 heterocycles. The highest BCUT2D eigenvalue weighted by molar-refractivity contribution is 5.36. The summed E-state index contributed by atoms with van der Waals surface area (Å²) in [5.41, 5.74) is 4.74. The van der Waals surface area contributed by atoms with Gasteiger partial charge in [-0.05, 0) is 39.9 Å². The maximum atomic E-state index is 2.63. The van der Waals surface area contributed by atoms with Crippen LogP contribution in [0, 0.1) is 11.8 Å². The minimum absolute atomic E-state index is 0.249. The molecule has 2 fully saturated rings. The molecule has 1 aliphatic heterocycles. The lowest BCUT2D eigenvalue weighted by Gasteiger charge is -2.22. The van der Waals surface area contributed by atoms with Gasteiger partial charge >= 0.3 is 0 Å². The highest BCUT2D eigenvalue weighted by atomic mass is 15.2. The molecular weight excluding hydrogens is 278 g/mol. The van der Waals surface area contributed by atoms with Crippen molar-refractivity contribution in [1.29, 1.82) is 0 Å². The van der Waals surface area contributed by atoms with Crippen molar-refractivity contribution in [3.8, 4) is 0 Å². The van der Waals surface area contributed by atoms with Crippen molar-refractivity contribution in [3.63, 3.8) is 0 Å². The molecule has 0 aromatic heterocycles.